The summed E-state index contributed by atoms with van der Waals surface area (Å²) in [6.07, 6.45) is 0. The largest absolute Gasteiger partial charge is 0.398 e. The molecule has 0 heterocycles. The number of rotatable bonds is 3. The average Bonchev–Trinajstić information content (AvgIpc) is 2.70. The summed E-state index contributed by atoms with van der Waals surface area (Å²) >= 11 is 6.05. The highest BCUT2D eigenvalue weighted by molar-refractivity contribution is 6.36. The molecule has 19 heavy (non-hydrogen) atoms. The Labute approximate surface area is 119 Å². The molecular formula is C15H21ClN2O. The van der Waals surface area contributed by atoms with Crippen LogP contribution >= 0.6 is 11.6 Å². The maximum atomic E-state index is 12.1. The fraction of sp³-hybridized carbons (Fsp3) is 0.533. The van der Waals surface area contributed by atoms with Gasteiger partial charge in [0.2, 0.25) is 0 Å². The third kappa shape index (κ3) is 2.20. The first-order chi connectivity index (χ1) is 8.69. The number of amides is 1. The van der Waals surface area contributed by atoms with E-state index in [0.29, 0.717) is 28.7 Å². The van der Waals surface area contributed by atoms with Gasteiger partial charge in [0.05, 0.1) is 16.3 Å². The molecule has 104 valence electrons. The summed E-state index contributed by atoms with van der Waals surface area (Å²) in [4.78, 5) is 12.1. The van der Waals surface area contributed by atoms with Crippen molar-refractivity contribution in [1.29, 1.82) is 0 Å². The van der Waals surface area contributed by atoms with Gasteiger partial charge in [0.15, 0.2) is 0 Å². The summed E-state index contributed by atoms with van der Waals surface area (Å²) in [5.41, 5.74) is 7.10. The lowest BCUT2D eigenvalue weighted by molar-refractivity contribution is 0.0950. The van der Waals surface area contributed by atoms with E-state index in [4.69, 9.17) is 17.3 Å². The van der Waals surface area contributed by atoms with E-state index in [-0.39, 0.29) is 16.7 Å². The lowest BCUT2D eigenvalue weighted by Crippen LogP contribution is -2.27. The summed E-state index contributed by atoms with van der Waals surface area (Å²) in [7, 11) is 0. The summed E-state index contributed by atoms with van der Waals surface area (Å²) < 4.78 is 0. The van der Waals surface area contributed by atoms with E-state index in [1.54, 1.807) is 18.2 Å². The van der Waals surface area contributed by atoms with E-state index < -0.39 is 0 Å². The van der Waals surface area contributed by atoms with Gasteiger partial charge in [-0.05, 0) is 28.9 Å². The van der Waals surface area contributed by atoms with Gasteiger partial charge in [-0.3, -0.25) is 4.79 Å². The van der Waals surface area contributed by atoms with E-state index in [0.717, 1.165) is 0 Å². The molecule has 1 aliphatic rings. The van der Waals surface area contributed by atoms with E-state index in [9.17, 15) is 4.79 Å². The van der Waals surface area contributed by atoms with Crippen LogP contribution in [0.3, 0.4) is 0 Å². The molecule has 0 spiro atoms. The first-order valence-electron chi connectivity index (χ1n) is 6.51. The minimum Gasteiger partial charge on any atom is -0.398 e. The molecule has 1 aromatic carbocycles. The fourth-order valence-electron chi connectivity index (χ4n) is 2.86. The molecule has 2 rings (SSSR count). The molecule has 0 aliphatic heterocycles. The van der Waals surface area contributed by atoms with Crippen LogP contribution in [0.4, 0.5) is 5.69 Å². The molecule has 1 aromatic rings. The number of nitrogen functional groups attached to an aromatic ring is 1. The molecule has 3 nitrogen and oxygen atoms in total. The van der Waals surface area contributed by atoms with Gasteiger partial charge in [0, 0.05) is 6.54 Å². The Morgan fingerprint density at radius 1 is 1.32 bits per heavy atom. The second-order valence-corrected chi connectivity index (χ2v) is 6.79. The number of hydrogen-bond donors (Lipinski definition) is 2. The molecule has 4 heteroatoms. The second-order valence-electron chi connectivity index (χ2n) is 6.41. The zero-order chi connectivity index (χ0) is 14.4. The third-order valence-electron chi connectivity index (χ3n) is 5.06. The maximum Gasteiger partial charge on any atom is 0.252 e. The van der Waals surface area contributed by atoms with Crippen LogP contribution in [0.15, 0.2) is 18.2 Å². The second kappa shape index (κ2) is 4.41. The van der Waals surface area contributed by atoms with Crippen LogP contribution in [-0.2, 0) is 0 Å². The molecule has 1 amide bonds. The van der Waals surface area contributed by atoms with Gasteiger partial charge in [-0.2, -0.15) is 0 Å². The van der Waals surface area contributed by atoms with E-state index in [1.165, 1.54) is 0 Å². The number of anilines is 1. The standard InChI is InChI=1S/C15H21ClN2O/c1-14(2)11(15(14,3)4)8-18-13(19)9-6-5-7-10(17)12(9)16/h5-7,11H,8,17H2,1-4H3,(H,18,19). The molecule has 0 aromatic heterocycles. The van der Waals surface area contributed by atoms with Crippen molar-refractivity contribution in [2.24, 2.45) is 16.7 Å². The van der Waals surface area contributed by atoms with Crippen molar-refractivity contribution in [2.75, 3.05) is 12.3 Å². The number of hydrogen-bond acceptors (Lipinski definition) is 2. The lowest BCUT2D eigenvalue weighted by atomic mass is 10.0. The van der Waals surface area contributed by atoms with Crippen LogP contribution < -0.4 is 11.1 Å². The summed E-state index contributed by atoms with van der Waals surface area (Å²) in [6, 6.07) is 5.12. The number of carbonyl (C=O) groups is 1. The van der Waals surface area contributed by atoms with E-state index in [1.807, 2.05) is 0 Å². The van der Waals surface area contributed by atoms with E-state index in [2.05, 4.69) is 33.0 Å². The van der Waals surface area contributed by atoms with Gasteiger partial charge < -0.3 is 11.1 Å². The molecule has 0 saturated heterocycles. The predicted molar refractivity (Wildman–Crippen MR) is 79.2 cm³/mol. The molecule has 0 unspecified atom stereocenters. The SMILES string of the molecule is CC1(C)C(CNC(=O)c2cccc(N)c2Cl)C1(C)C. The molecule has 0 bridgehead atoms. The molecule has 0 atom stereocenters. The Kier molecular flexibility index (Phi) is 3.29. The number of benzene rings is 1. The Morgan fingerprint density at radius 3 is 2.42 bits per heavy atom. The van der Waals surface area contributed by atoms with E-state index >= 15 is 0 Å². The number of carbonyl (C=O) groups excluding carboxylic acids is 1. The first-order valence-corrected chi connectivity index (χ1v) is 6.89. The van der Waals surface area contributed by atoms with Crippen LogP contribution in [0.1, 0.15) is 38.1 Å². The maximum absolute atomic E-state index is 12.1. The zero-order valence-electron chi connectivity index (χ0n) is 11.9. The van der Waals surface area contributed by atoms with Gasteiger partial charge in [0.25, 0.3) is 5.91 Å². The van der Waals surface area contributed by atoms with Crippen molar-refractivity contribution in [2.45, 2.75) is 27.7 Å². The average molecular weight is 281 g/mol. The zero-order valence-corrected chi connectivity index (χ0v) is 12.6. The molecule has 1 fully saturated rings. The number of halogens is 1. The van der Waals surface area contributed by atoms with Gasteiger partial charge in [0.1, 0.15) is 0 Å². The summed E-state index contributed by atoms with van der Waals surface area (Å²) in [6.45, 7) is 9.60. The Bertz CT molecular complexity index is 509. The first kappa shape index (κ1) is 14.2. The number of nitrogens with one attached hydrogen (secondary N) is 1. The molecule has 1 aliphatic carbocycles. The quantitative estimate of drug-likeness (QED) is 0.835. The highest BCUT2D eigenvalue weighted by atomic mass is 35.5. The highest BCUT2D eigenvalue weighted by Gasteiger charge is 2.64. The van der Waals surface area contributed by atoms with Crippen molar-refractivity contribution >= 4 is 23.2 Å². The number of nitrogens with two attached hydrogens (primary N) is 1. The van der Waals surface area contributed by atoms with Gasteiger partial charge in [-0.1, -0.05) is 45.4 Å². The highest BCUT2D eigenvalue weighted by Crippen LogP contribution is 2.67. The smallest absolute Gasteiger partial charge is 0.252 e. The van der Waals surface area contributed by atoms with Crippen molar-refractivity contribution in [3.8, 4) is 0 Å². The molecule has 1 saturated carbocycles. The monoisotopic (exact) mass is 280 g/mol. The van der Waals surface area contributed by atoms with Gasteiger partial charge in [-0.25, -0.2) is 0 Å². The molecule has 0 radical (unpaired) electrons. The summed E-state index contributed by atoms with van der Waals surface area (Å²) in [5.74, 6) is 0.333. The van der Waals surface area contributed by atoms with Crippen LogP contribution in [0.5, 0.6) is 0 Å². The fourth-order valence-corrected chi connectivity index (χ4v) is 3.07. The van der Waals surface area contributed by atoms with Crippen molar-refractivity contribution in [3.05, 3.63) is 28.8 Å². The third-order valence-corrected chi connectivity index (χ3v) is 5.48. The summed E-state index contributed by atoms with van der Waals surface area (Å²) in [5, 5.41) is 3.29. The van der Waals surface area contributed by atoms with Gasteiger partial charge in [-0.15, -0.1) is 0 Å². The minimum atomic E-state index is -0.157. The van der Waals surface area contributed by atoms with Crippen molar-refractivity contribution in [1.82, 2.24) is 5.32 Å². The van der Waals surface area contributed by atoms with Crippen LogP contribution in [0.25, 0.3) is 0 Å². The molecular weight excluding hydrogens is 260 g/mol. The molecule has 3 N–H and O–H groups in total. The normalized spacial score (nSPS) is 20.1. The lowest BCUT2D eigenvalue weighted by Gasteiger charge is -2.09. The van der Waals surface area contributed by atoms with Crippen molar-refractivity contribution in [3.63, 3.8) is 0 Å². The minimum absolute atomic E-state index is 0.157. The Hall–Kier alpha value is -1.22. The van der Waals surface area contributed by atoms with Crippen LogP contribution in [0, 0.1) is 16.7 Å². The Morgan fingerprint density at radius 2 is 1.89 bits per heavy atom. The van der Waals surface area contributed by atoms with Crippen LogP contribution in [-0.4, -0.2) is 12.5 Å². The Balaban J connectivity index is 2.02. The van der Waals surface area contributed by atoms with Gasteiger partial charge >= 0.3 is 0 Å². The predicted octanol–water partition coefficient (Wildman–Crippen LogP) is 3.33. The topological polar surface area (TPSA) is 55.1 Å². The van der Waals surface area contributed by atoms with Crippen molar-refractivity contribution < 1.29 is 4.79 Å². The van der Waals surface area contributed by atoms with Crippen LogP contribution in [0.2, 0.25) is 5.02 Å².